The maximum Gasteiger partial charge on any atom is 0.282 e. The minimum atomic E-state index is -0.695. The number of benzene rings is 4. The number of unbranched alkanes of at least 4 members (excludes halogenated alkanes) is 4. The van der Waals surface area contributed by atoms with Crippen LogP contribution in [0.3, 0.4) is 0 Å². The molecule has 3 amide bonds. The van der Waals surface area contributed by atoms with Gasteiger partial charge in [-0.1, -0.05) is 89.8 Å². The monoisotopic (exact) mass is 949 g/mol. The van der Waals surface area contributed by atoms with Crippen LogP contribution in [0, 0.1) is 51.1 Å². The highest BCUT2D eigenvalue weighted by Gasteiger charge is 2.26. The fraction of sp³-hybridized carbons (Fsp3) is 0.449. The smallest absolute Gasteiger partial charge is 0.282 e. The van der Waals surface area contributed by atoms with Crippen molar-refractivity contribution in [2.45, 2.75) is 119 Å². The molecule has 0 aliphatic rings. The van der Waals surface area contributed by atoms with Gasteiger partial charge in [0.15, 0.2) is 0 Å². The van der Waals surface area contributed by atoms with Crippen LogP contribution in [-0.4, -0.2) is 68.6 Å². The molecule has 17 nitrogen and oxygen atoms in total. The van der Waals surface area contributed by atoms with E-state index in [1.165, 1.54) is 155 Å². The number of nitrogens with one attached hydrogen (secondary N) is 3. The number of hydrogen-bond acceptors (Lipinski definition) is 9. The molecule has 0 spiro atoms. The molecule has 0 saturated heterocycles. The number of nitro groups is 3. The summed E-state index contributed by atoms with van der Waals surface area (Å²) in [6.45, 7) is 20.0. The molecule has 0 radical (unpaired) electrons. The van der Waals surface area contributed by atoms with Crippen molar-refractivity contribution in [1.82, 2.24) is 16.0 Å². The summed E-state index contributed by atoms with van der Waals surface area (Å²) in [6, 6.07) is 16.5. The fourth-order valence-corrected chi connectivity index (χ4v) is 8.10. The predicted molar refractivity (Wildman–Crippen MR) is 256 cm³/mol. The minimum absolute atomic E-state index is 0. The van der Waals surface area contributed by atoms with Crippen molar-refractivity contribution in [3.8, 4) is 0 Å². The summed E-state index contributed by atoms with van der Waals surface area (Å²) in [7, 11) is 0. The van der Waals surface area contributed by atoms with E-state index in [-0.39, 0.29) is 71.3 Å². The lowest BCUT2D eigenvalue weighted by atomic mass is 9.87. The van der Waals surface area contributed by atoms with Crippen LogP contribution in [0.2, 0.25) is 0 Å². The zero-order valence-electron chi connectivity index (χ0n) is 39.9. The van der Waals surface area contributed by atoms with Crippen molar-refractivity contribution in [2.75, 3.05) is 26.2 Å². The largest absolute Gasteiger partial charge is 1.00 e. The highest BCUT2D eigenvalue weighted by molar-refractivity contribution is 5.99. The number of nitrogens with zero attached hydrogens (tertiary/aromatic N) is 4. The second kappa shape index (κ2) is 29.4. The van der Waals surface area contributed by atoms with Crippen LogP contribution in [0.5, 0.6) is 0 Å². The van der Waals surface area contributed by atoms with E-state index in [4.69, 9.17) is 0 Å². The van der Waals surface area contributed by atoms with Gasteiger partial charge in [0.1, 0.15) is 16.7 Å². The number of quaternary nitrogens is 1. The summed E-state index contributed by atoms with van der Waals surface area (Å²) < 4.78 is 1.42. The lowest BCUT2D eigenvalue weighted by molar-refractivity contribution is -0.929. The van der Waals surface area contributed by atoms with Crippen LogP contribution < -0.4 is 28.4 Å². The number of nitro benzene ring substituents is 3. The molecular weight excluding hydrogens is 882 g/mol. The summed E-state index contributed by atoms with van der Waals surface area (Å²) in [5.74, 6) is -2.09. The molecule has 18 heteroatoms. The average Bonchev–Trinajstić information content (AvgIpc) is 3.30. The fourth-order valence-electron chi connectivity index (χ4n) is 8.10. The first kappa shape index (κ1) is 58.7. The third-order valence-electron chi connectivity index (χ3n) is 12.0. The first-order valence-corrected chi connectivity index (χ1v) is 22.6. The zero-order valence-corrected chi connectivity index (χ0v) is 40.6. The second-order valence-corrected chi connectivity index (χ2v) is 16.3. The maximum atomic E-state index is 13.1. The van der Waals surface area contributed by atoms with Crippen molar-refractivity contribution in [3.63, 3.8) is 0 Å². The van der Waals surface area contributed by atoms with Gasteiger partial charge in [-0.25, -0.2) is 0 Å². The molecule has 0 aliphatic carbocycles. The molecule has 0 heterocycles. The van der Waals surface area contributed by atoms with Gasteiger partial charge in [-0.2, -0.15) is 0 Å². The van der Waals surface area contributed by atoms with Crippen LogP contribution in [0.25, 0.3) is 0 Å². The van der Waals surface area contributed by atoms with Gasteiger partial charge in [0.25, 0.3) is 34.8 Å². The summed E-state index contributed by atoms with van der Waals surface area (Å²) in [4.78, 5) is 71.7. The van der Waals surface area contributed by atoms with Gasteiger partial charge in [-0.15, -0.1) is 0 Å². The standard InChI is InChI=1S/C33H30N6O9.C16H36N.ClH.H2O/c1-19-25(16-34-31(40)22-10-4-7-13-28(22)37(43)44)20(2)27(18-36-33(42)24-12-6-9-15-30(24)39(47)48)21(3)26(19)17-35-32(41)23-11-5-8-14-29(23)38(45)46;1-5-9-13-17(14-10-6-2,15-11-7-3)16-12-8-4;;/h4-15H,16-18H2,1-3H3,(H,34,40)(H,35,41)(H,36,42);5-16H2,1-4H3;1H;1H2/q;+1;;/p-1. The van der Waals surface area contributed by atoms with E-state index in [1.54, 1.807) is 20.8 Å². The molecule has 5 N–H and O–H groups in total. The topological polar surface area (TPSA) is 248 Å². The van der Waals surface area contributed by atoms with E-state index in [9.17, 15) is 44.7 Å². The van der Waals surface area contributed by atoms with E-state index in [0.29, 0.717) is 33.4 Å². The van der Waals surface area contributed by atoms with E-state index in [0.717, 1.165) is 0 Å². The van der Waals surface area contributed by atoms with Gasteiger partial charge in [0, 0.05) is 37.8 Å². The van der Waals surface area contributed by atoms with Crippen LogP contribution in [-0.2, 0) is 19.6 Å². The Balaban J connectivity index is 0.00000101. The number of carbonyl (C=O) groups excluding carboxylic acids is 3. The van der Waals surface area contributed by atoms with Crippen molar-refractivity contribution in [3.05, 3.63) is 153 Å². The van der Waals surface area contributed by atoms with Gasteiger partial charge in [0.2, 0.25) is 0 Å². The molecule has 4 aromatic carbocycles. The van der Waals surface area contributed by atoms with Crippen molar-refractivity contribution in [1.29, 1.82) is 0 Å². The lowest BCUT2D eigenvalue weighted by Crippen LogP contribution is -3.00. The molecule has 0 aromatic heterocycles. The molecule has 0 unspecified atom stereocenters. The normalized spacial score (nSPS) is 10.6. The van der Waals surface area contributed by atoms with E-state index in [2.05, 4.69) is 43.6 Å². The van der Waals surface area contributed by atoms with Crippen molar-refractivity contribution < 1.29 is 51.5 Å². The minimum Gasteiger partial charge on any atom is -1.00 e. The van der Waals surface area contributed by atoms with Gasteiger partial charge < -0.3 is 38.3 Å². The SMILES string of the molecule is CCCC[N+](CCCC)(CCCC)CCCC.Cc1c(CNC(=O)c2ccccc2[N+](=O)[O-])c(C)c(CNC(=O)c2ccccc2[N+](=O)[O-])c(C)c1CNC(=O)c1ccccc1[N+](=O)[O-].O.[Cl-]. The first-order valence-electron chi connectivity index (χ1n) is 22.6. The zero-order chi connectivity index (χ0) is 48.1. The van der Waals surface area contributed by atoms with Crippen molar-refractivity contribution >= 4 is 34.8 Å². The van der Waals surface area contributed by atoms with Gasteiger partial charge in [0.05, 0.1) is 40.9 Å². The highest BCUT2D eigenvalue weighted by atomic mass is 35.5. The average molecular weight is 951 g/mol. The number of amides is 3. The molecule has 0 fully saturated rings. The Hall–Kier alpha value is -6.30. The van der Waals surface area contributed by atoms with Crippen LogP contribution in [0.1, 0.15) is 144 Å². The predicted octanol–water partition coefficient (Wildman–Crippen LogP) is 6.31. The van der Waals surface area contributed by atoms with Crippen LogP contribution >= 0.6 is 0 Å². The van der Waals surface area contributed by atoms with Crippen LogP contribution in [0.4, 0.5) is 17.1 Å². The van der Waals surface area contributed by atoms with Crippen LogP contribution in [0.15, 0.2) is 72.8 Å². The number of halogens is 1. The Bertz CT molecular complexity index is 2030. The Labute approximate surface area is 399 Å². The maximum absolute atomic E-state index is 13.1. The highest BCUT2D eigenvalue weighted by Crippen LogP contribution is 2.29. The summed E-state index contributed by atoms with van der Waals surface area (Å²) in [5.41, 5.74) is 2.22. The number of hydrogen-bond donors (Lipinski definition) is 3. The first-order chi connectivity index (χ1) is 31.1. The van der Waals surface area contributed by atoms with E-state index >= 15 is 0 Å². The third kappa shape index (κ3) is 16.5. The van der Waals surface area contributed by atoms with E-state index < -0.39 is 32.5 Å². The van der Waals surface area contributed by atoms with Gasteiger partial charge in [-0.3, -0.25) is 44.7 Å². The molecule has 67 heavy (non-hydrogen) atoms. The van der Waals surface area contributed by atoms with Crippen molar-refractivity contribution in [2.24, 2.45) is 0 Å². The number of rotatable bonds is 24. The number of para-hydroxylation sites is 3. The molecule has 4 rings (SSSR count). The summed E-state index contributed by atoms with van der Waals surface area (Å²) in [6.07, 6.45) is 11.1. The Morgan fingerprint density at radius 3 is 0.896 bits per heavy atom. The number of carbonyl (C=O) groups is 3. The second-order valence-electron chi connectivity index (χ2n) is 16.3. The molecule has 0 bridgehead atoms. The molecule has 366 valence electrons. The van der Waals surface area contributed by atoms with E-state index in [1.807, 2.05) is 0 Å². The third-order valence-corrected chi connectivity index (χ3v) is 12.0. The van der Waals surface area contributed by atoms with Gasteiger partial charge >= 0.3 is 0 Å². The molecule has 4 aromatic rings. The molecule has 0 saturated carbocycles. The Kier molecular flexibility index (Phi) is 25.7. The Morgan fingerprint density at radius 2 is 0.687 bits per heavy atom. The molecule has 0 atom stereocenters. The summed E-state index contributed by atoms with van der Waals surface area (Å²) >= 11 is 0. The van der Waals surface area contributed by atoms with Gasteiger partial charge in [-0.05, 0) is 98.0 Å². The Morgan fingerprint density at radius 1 is 0.463 bits per heavy atom. The summed E-state index contributed by atoms with van der Waals surface area (Å²) in [5, 5.41) is 42.6. The molecular formula is C49H68ClN7O10. The molecule has 0 aliphatic heterocycles. The quantitative estimate of drug-likeness (QED) is 0.0404. The lowest BCUT2D eigenvalue weighted by Gasteiger charge is -2.39.